The van der Waals surface area contributed by atoms with Crippen molar-refractivity contribution in [3.05, 3.63) is 65.5 Å². The van der Waals surface area contributed by atoms with Crippen molar-refractivity contribution in [2.75, 3.05) is 5.32 Å². The van der Waals surface area contributed by atoms with Crippen LogP contribution in [0.2, 0.25) is 0 Å². The second kappa shape index (κ2) is 6.47. The molecule has 0 unspecified atom stereocenters. The second-order valence-corrected chi connectivity index (χ2v) is 4.42. The van der Waals surface area contributed by atoms with Gasteiger partial charge in [-0.3, -0.25) is 9.78 Å². The molecular weight excluding hydrogens is 268 g/mol. The van der Waals surface area contributed by atoms with Crippen molar-refractivity contribution in [1.82, 2.24) is 4.98 Å². The molecular formula is C16H14N2O3. The first-order valence-corrected chi connectivity index (χ1v) is 6.30. The third kappa shape index (κ3) is 4.01. The van der Waals surface area contributed by atoms with E-state index < -0.39 is 5.97 Å². The summed E-state index contributed by atoms with van der Waals surface area (Å²) >= 11 is 0. The number of hydrogen-bond acceptors (Lipinski definition) is 3. The zero-order chi connectivity index (χ0) is 15.2. The Morgan fingerprint density at radius 3 is 2.76 bits per heavy atom. The van der Waals surface area contributed by atoms with Crippen molar-refractivity contribution in [2.45, 2.75) is 6.92 Å². The minimum Gasteiger partial charge on any atom is -0.478 e. The molecule has 0 fully saturated rings. The Morgan fingerprint density at radius 2 is 2.05 bits per heavy atom. The number of carbonyl (C=O) groups is 2. The van der Waals surface area contributed by atoms with Crippen LogP contribution in [-0.2, 0) is 4.79 Å². The molecule has 5 nitrogen and oxygen atoms in total. The fraction of sp³-hybridized carbons (Fsp3) is 0.0625. The quantitative estimate of drug-likeness (QED) is 0.845. The lowest BCUT2D eigenvalue weighted by molar-refractivity contribution is -0.131. The van der Waals surface area contributed by atoms with Crippen LogP contribution in [0.1, 0.15) is 21.6 Å². The van der Waals surface area contributed by atoms with E-state index >= 15 is 0 Å². The number of nitrogens with one attached hydrogen (secondary N) is 1. The summed E-state index contributed by atoms with van der Waals surface area (Å²) in [6, 6.07) is 10.5. The van der Waals surface area contributed by atoms with Gasteiger partial charge in [0.2, 0.25) is 0 Å². The van der Waals surface area contributed by atoms with E-state index in [9.17, 15) is 9.59 Å². The van der Waals surface area contributed by atoms with E-state index in [0.29, 0.717) is 16.9 Å². The number of carbonyl (C=O) groups excluding carboxylic acids is 1. The van der Waals surface area contributed by atoms with Gasteiger partial charge in [-0.15, -0.1) is 0 Å². The molecule has 0 radical (unpaired) electrons. The smallest absolute Gasteiger partial charge is 0.328 e. The number of anilines is 1. The van der Waals surface area contributed by atoms with Crippen molar-refractivity contribution in [3.8, 4) is 0 Å². The third-order valence-corrected chi connectivity index (χ3v) is 2.79. The van der Waals surface area contributed by atoms with Gasteiger partial charge in [-0.1, -0.05) is 18.2 Å². The fourth-order valence-corrected chi connectivity index (χ4v) is 1.80. The molecule has 0 atom stereocenters. The molecule has 0 aliphatic heterocycles. The van der Waals surface area contributed by atoms with Crippen LogP contribution >= 0.6 is 0 Å². The maximum absolute atomic E-state index is 12.1. The predicted octanol–water partition coefficient (Wildman–Crippen LogP) is 2.74. The highest BCUT2D eigenvalue weighted by molar-refractivity contribution is 6.03. The Balaban J connectivity index is 2.17. The molecule has 0 bridgehead atoms. The number of benzene rings is 1. The minimum atomic E-state index is -1.02. The topological polar surface area (TPSA) is 79.3 Å². The first-order valence-electron chi connectivity index (χ1n) is 6.30. The second-order valence-electron chi connectivity index (χ2n) is 4.42. The van der Waals surface area contributed by atoms with Crippen LogP contribution in [0.3, 0.4) is 0 Å². The van der Waals surface area contributed by atoms with Gasteiger partial charge in [0.1, 0.15) is 5.69 Å². The number of aromatic nitrogens is 1. The van der Waals surface area contributed by atoms with E-state index in [-0.39, 0.29) is 5.91 Å². The van der Waals surface area contributed by atoms with Crippen molar-refractivity contribution >= 4 is 23.6 Å². The first-order chi connectivity index (χ1) is 10.1. The molecule has 5 heteroatoms. The Bertz CT molecular complexity index is 708. The van der Waals surface area contributed by atoms with Crippen molar-refractivity contribution < 1.29 is 14.7 Å². The molecule has 1 heterocycles. The zero-order valence-corrected chi connectivity index (χ0v) is 11.4. The molecule has 1 aromatic carbocycles. The van der Waals surface area contributed by atoms with Gasteiger partial charge < -0.3 is 10.4 Å². The van der Waals surface area contributed by atoms with Crippen molar-refractivity contribution in [3.63, 3.8) is 0 Å². The van der Waals surface area contributed by atoms with Crippen LogP contribution < -0.4 is 5.32 Å². The fourth-order valence-electron chi connectivity index (χ4n) is 1.80. The number of hydrogen-bond donors (Lipinski definition) is 2. The number of pyridine rings is 1. The van der Waals surface area contributed by atoms with Crippen LogP contribution in [0.5, 0.6) is 0 Å². The lowest BCUT2D eigenvalue weighted by Gasteiger charge is -2.07. The molecule has 2 N–H and O–H groups in total. The lowest BCUT2D eigenvalue weighted by Crippen LogP contribution is -2.15. The van der Waals surface area contributed by atoms with Gasteiger partial charge in [-0.05, 0) is 42.3 Å². The predicted molar refractivity (Wildman–Crippen MR) is 80.0 cm³/mol. The molecule has 0 aliphatic carbocycles. The Hall–Kier alpha value is -2.95. The number of rotatable bonds is 4. The lowest BCUT2D eigenvalue weighted by atomic mass is 10.1. The van der Waals surface area contributed by atoms with Gasteiger partial charge in [0.25, 0.3) is 5.91 Å². The molecule has 1 aromatic heterocycles. The van der Waals surface area contributed by atoms with E-state index in [1.165, 1.54) is 6.08 Å². The van der Waals surface area contributed by atoms with E-state index in [1.807, 2.05) is 13.0 Å². The molecule has 0 aliphatic rings. The van der Waals surface area contributed by atoms with E-state index in [2.05, 4.69) is 10.3 Å². The maximum atomic E-state index is 12.1. The summed E-state index contributed by atoms with van der Waals surface area (Å²) in [7, 11) is 0. The molecule has 106 valence electrons. The largest absolute Gasteiger partial charge is 0.478 e. The van der Waals surface area contributed by atoms with Crippen LogP contribution in [-0.4, -0.2) is 22.0 Å². The van der Waals surface area contributed by atoms with Crippen LogP contribution in [0.25, 0.3) is 6.08 Å². The highest BCUT2D eigenvalue weighted by atomic mass is 16.4. The molecule has 2 rings (SSSR count). The van der Waals surface area contributed by atoms with Gasteiger partial charge >= 0.3 is 5.97 Å². The van der Waals surface area contributed by atoms with Gasteiger partial charge in [0, 0.05) is 18.0 Å². The molecule has 21 heavy (non-hydrogen) atoms. The standard InChI is InChI=1S/C16H14N2O3/c1-11-4-3-9-17-15(11)16(21)18-13-6-2-5-12(10-13)7-8-14(19)20/h2-10H,1H3,(H,18,21)(H,19,20)/b8-7+. The monoisotopic (exact) mass is 282 g/mol. The SMILES string of the molecule is Cc1cccnc1C(=O)Nc1cccc(/C=C/C(=O)O)c1. The van der Waals surface area contributed by atoms with E-state index in [0.717, 1.165) is 11.6 Å². The number of carboxylic acids is 1. The summed E-state index contributed by atoms with van der Waals surface area (Å²) in [6.45, 7) is 1.81. The zero-order valence-electron chi connectivity index (χ0n) is 11.4. The third-order valence-electron chi connectivity index (χ3n) is 2.79. The summed E-state index contributed by atoms with van der Waals surface area (Å²) in [5.41, 5.74) is 2.42. The molecule has 2 aromatic rings. The highest BCUT2D eigenvalue weighted by Gasteiger charge is 2.10. The van der Waals surface area contributed by atoms with Crippen LogP contribution in [0.15, 0.2) is 48.7 Å². The summed E-state index contributed by atoms with van der Waals surface area (Å²) in [5.74, 6) is -1.32. The van der Waals surface area contributed by atoms with E-state index in [4.69, 9.17) is 5.11 Å². The summed E-state index contributed by atoms with van der Waals surface area (Å²) in [6.07, 6.45) is 4.07. The molecule has 1 amide bonds. The van der Waals surface area contributed by atoms with Gasteiger partial charge in [-0.25, -0.2) is 4.79 Å². The highest BCUT2D eigenvalue weighted by Crippen LogP contribution is 2.14. The van der Waals surface area contributed by atoms with E-state index in [1.54, 1.807) is 36.5 Å². The summed E-state index contributed by atoms with van der Waals surface area (Å²) < 4.78 is 0. The summed E-state index contributed by atoms with van der Waals surface area (Å²) in [4.78, 5) is 26.7. The minimum absolute atomic E-state index is 0.299. The molecule has 0 saturated heterocycles. The number of amides is 1. The van der Waals surface area contributed by atoms with Crippen molar-refractivity contribution in [1.29, 1.82) is 0 Å². The van der Waals surface area contributed by atoms with Gasteiger partial charge in [0.05, 0.1) is 0 Å². The normalized spacial score (nSPS) is 10.5. The van der Waals surface area contributed by atoms with Crippen LogP contribution in [0.4, 0.5) is 5.69 Å². The van der Waals surface area contributed by atoms with Crippen molar-refractivity contribution in [2.24, 2.45) is 0 Å². The Labute approximate surface area is 122 Å². The molecule has 0 saturated carbocycles. The number of carboxylic acid groups (broad SMARTS) is 1. The van der Waals surface area contributed by atoms with Crippen LogP contribution in [0, 0.1) is 6.92 Å². The average molecular weight is 282 g/mol. The Morgan fingerprint density at radius 1 is 1.24 bits per heavy atom. The average Bonchev–Trinajstić information content (AvgIpc) is 2.46. The van der Waals surface area contributed by atoms with Gasteiger partial charge in [0.15, 0.2) is 0 Å². The number of aryl methyl sites for hydroxylation is 1. The maximum Gasteiger partial charge on any atom is 0.328 e. The van der Waals surface area contributed by atoms with Gasteiger partial charge in [-0.2, -0.15) is 0 Å². The number of nitrogens with zero attached hydrogens (tertiary/aromatic N) is 1. The number of aliphatic carboxylic acids is 1. The summed E-state index contributed by atoms with van der Waals surface area (Å²) in [5, 5.41) is 11.3. The Kier molecular flexibility index (Phi) is 4.46. The first kappa shape index (κ1) is 14.5. The molecule has 0 spiro atoms.